The molecule has 10 rings (SSSR count). The molecule has 0 aliphatic carbocycles. The van der Waals surface area contributed by atoms with Gasteiger partial charge in [0, 0.05) is 33.2 Å². The molecule has 4 nitrogen and oxygen atoms in total. The maximum atomic E-state index is 5.05. The van der Waals surface area contributed by atoms with Gasteiger partial charge in [-0.05, 0) is 69.1 Å². The number of rotatable bonds is 5. The second-order valence-corrected chi connectivity index (χ2v) is 12.9. The molecule has 10 aromatic rings. The summed E-state index contributed by atoms with van der Waals surface area (Å²) in [5.41, 5.74) is 8.62. The molecule has 0 spiro atoms. The second kappa shape index (κ2) is 11.9. The lowest BCUT2D eigenvalue weighted by molar-refractivity contribution is 1.07. The molecule has 2 heterocycles. The number of para-hydroxylation sites is 1. The molecule has 0 atom stereocenters. The Bertz CT molecular complexity index is 2880. The van der Waals surface area contributed by atoms with Crippen LogP contribution in [-0.2, 0) is 0 Å². The highest BCUT2D eigenvalue weighted by Gasteiger charge is 2.16. The molecular formula is C47H30N4. The van der Waals surface area contributed by atoms with Crippen LogP contribution in [0.5, 0.6) is 0 Å². The summed E-state index contributed by atoms with van der Waals surface area (Å²) in [6.45, 7) is 0. The van der Waals surface area contributed by atoms with Crippen molar-refractivity contribution in [3.63, 3.8) is 0 Å². The summed E-state index contributed by atoms with van der Waals surface area (Å²) in [6, 6.07) is 63.9. The molecule has 0 N–H and O–H groups in total. The van der Waals surface area contributed by atoms with Crippen molar-refractivity contribution in [1.82, 2.24) is 19.5 Å². The van der Waals surface area contributed by atoms with Crippen molar-refractivity contribution in [3.8, 4) is 51.0 Å². The van der Waals surface area contributed by atoms with Crippen molar-refractivity contribution in [1.29, 1.82) is 0 Å². The molecule has 0 aliphatic rings. The molecule has 0 saturated carbocycles. The van der Waals surface area contributed by atoms with Crippen LogP contribution in [0.1, 0.15) is 0 Å². The molecule has 4 heteroatoms. The Kier molecular flexibility index (Phi) is 6.78. The van der Waals surface area contributed by atoms with E-state index in [4.69, 9.17) is 15.0 Å². The SMILES string of the molecule is c1ccc(-c2nc(-c3ccc(-c4cccc5ccccc45)cc3)nc(-c3ccc(-n4c5ccccc5c5c6ccccc6ccc54)cc3)n2)cc1. The van der Waals surface area contributed by atoms with Gasteiger partial charge in [0.1, 0.15) is 0 Å². The van der Waals surface area contributed by atoms with E-state index < -0.39 is 0 Å². The molecule has 0 amide bonds. The van der Waals surface area contributed by atoms with E-state index in [2.05, 4.69) is 156 Å². The van der Waals surface area contributed by atoms with Gasteiger partial charge < -0.3 is 4.57 Å². The molecule has 8 aromatic carbocycles. The van der Waals surface area contributed by atoms with Crippen LogP contribution in [0.2, 0.25) is 0 Å². The Balaban J connectivity index is 1.07. The quantitative estimate of drug-likeness (QED) is 0.186. The first-order valence-electron chi connectivity index (χ1n) is 17.2. The van der Waals surface area contributed by atoms with Crippen molar-refractivity contribution in [2.24, 2.45) is 0 Å². The van der Waals surface area contributed by atoms with Crippen LogP contribution < -0.4 is 0 Å². The molecule has 238 valence electrons. The van der Waals surface area contributed by atoms with E-state index in [1.165, 1.54) is 48.9 Å². The summed E-state index contributed by atoms with van der Waals surface area (Å²) >= 11 is 0. The van der Waals surface area contributed by atoms with Crippen molar-refractivity contribution >= 4 is 43.4 Å². The first-order valence-corrected chi connectivity index (χ1v) is 17.2. The standard InChI is InChI=1S/C47H30N4/c1-2-13-34(14-3-1)45-48-46(35-23-21-33(22-24-35)39-19-10-15-31-11-4-6-16-38(31)39)50-47(49-45)36-25-28-37(29-26-36)51-42-20-9-8-18-41(42)44-40-17-7-5-12-32(40)27-30-43(44)51/h1-30H. The molecule has 0 aliphatic heterocycles. The van der Waals surface area contributed by atoms with Crippen molar-refractivity contribution in [3.05, 3.63) is 182 Å². The maximum absolute atomic E-state index is 5.05. The minimum absolute atomic E-state index is 0.636. The van der Waals surface area contributed by atoms with Crippen LogP contribution in [0, 0.1) is 0 Å². The van der Waals surface area contributed by atoms with Gasteiger partial charge in [-0.1, -0.05) is 146 Å². The highest BCUT2D eigenvalue weighted by molar-refractivity contribution is 6.21. The van der Waals surface area contributed by atoms with Crippen LogP contribution in [0.25, 0.3) is 94.3 Å². The van der Waals surface area contributed by atoms with Gasteiger partial charge in [0.05, 0.1) is 11.0 Å². The van der Waals surface area contributed by atoms with Crippen LogP contribution >= 0.6 is 0 Å². The van der Waals surface area contributed by atoms with Gasteiger partial charge in [0.25, 0.3) is 0 Å². The Hall–Kier alpha value is -6.91. The highest BCUT2D eigenvalue weighted by Crippen LogP contribution is 2.37. The maximum Gasteiger partial charge on any atom is 0.164 e. The first-order chi connectivity index (χ1) is 25.3. The smallest absolute Gasteiger partial charge is 0.164 e. The topological polar surface area (TPSA) is 43.6 Å². The average Bonchev–Trinajstić information content (AvgIpc) is 3.56. The predicted octanol–water partition coefficient (Wildman–Crippen LogP) is 11.9. The molecule has 0 unspecified atom stereocenters. The highest BCUT2D eigenvalue weighted by atomic mass is 15.0. The number of aromatic nitrogens is 4. The molecule has 0 bridgehead atoms. The Morgan fingerprint density at radius 1 is 0.314 bits per heavy atom. The number of nitrogens with zero attached hydrogens (tertiary/aromatic N) is 4. The zero-order chi connectivity index (χ0) is 33.7. The minimum Gasteiger partial charge on any atom is -0.309 e. The Morgan fingerprint density at radius 3 is 1.53 bits per heavy atom. The summed E-state index contributed by atoms with van der Waals surface area (Å²) in [5.74, 6) is 1.92. The molecule has 0 radical (unpaired) electrons. The fourth-order valence-corrected chi connectivity index (χ4v) is 7.40. The van der Waals surface area contributed by atoms with E-state index in [0.717, 1.165) is 27.9 Å². The first kappa shape index (κ1) is 29.0. The molecular weight excluding hydrogens is 621 g/mol. The van der Waals surface area contributed by atoms with E-state index in [0.29, 0.717) is 17.5 Å². The van der Waals surface area contributed by atoms with Gasteiger partial charge >= 0.3 is 0 Å². The van der Waals surface area contributed by atoms with Gasteiger partial charge in [-0.2, -0.15) is 0 Å². The van der Waals surface area contributed by atoms with Gasteiger partial charge in [-0.3, -0.25) is 0 Å². The predicted molar refractivity (Wildman–Crippen MR) is 211 cm³/mol. The monoisotopic (exact) mass is 650 g/mol. The van der Waals surface area contributed by atoms with Crippen LogP contribution in [-0.4, -0.2) is 19.5 Å². The third kappa shape index (κ3) is 4.96. The fourth-order valence-electron chi connectivity index (χ4n) is 7.40. The molecule has 51 heavy (non-hydrogen) atoms. The van der Waals surface area contributed by atoms with Gasteiger partial charge in [-0.25, -0.2) is 15.0 Å². The molecule has 2 aromatic heterocycles. The number of benzene rings is 8. The molecule has 0 saturated heterocycles. The summed E-state index contributed by atoms with van der Waals surface area (Å²) in [4.78, 5) is 15.0. The Labute approximate surface area is 295 Å². The van der Waals surface area contributed by atoms with E-state index in [1.807, 2.05) is 30.3 Å². The number of hydrogen-bond donors (Lipinski definition) is 0. The Morgan fingerprint density at radius 2 is 0.824 bits per heavy atom. The lowest BCUT2D eigenvalue weighted by Crippen LogP contribution is -2.00. The van der Waals surface area contributed by atoms with E-state index in [9.17, 15) is 0 Å². The van der Waals surface area contributed by atoms with E-state index in [1.54, 1.807) is 0 Å². The van der Waals surface area contributed by atoms with Crippen LogP contribution in [0.15, 0.2) is 182 Å². The largest absolute Gasteiger partial charge is 0.309 e. The van der Waals surface area contributed by atoms with E-state index >= 15 is 0 Å². The lowest BCUT2D eigenvalue weighted by Gasteiger charge is -2.11. The van der Waals surface area contributed by atoms with Gasteiger partial charge in [0.15, 0.2) is 17.5 Å². The van der Waals surface area contributed by atoms with Crippen molar-refractivity contribution in [2.75, 3.05) is 0 Å². The fraction of sp³-hybridized carbons (Fsp3) is 0. The van der Waals surface area contributed by atoms with Crippen molar-refractivity contribution < 1.29 is 0 Å². The third-order valence-corrected chi connectivity index (χ3v) is 9.86. The summed E-state index contributed by atoms with van der Waals surface area (Å²) in [7, 11) is 0. The van der Waals surface area contributed by atoms with Crippen LogP contribution in [0.4, 0.5) is 0 Å². The molecule has 0 fully saturated rings. The average molecular weight is 651 g/mol. The lowest BCUT2D eigenvalue weighted by atomic mass is 9.97. The second-order valence-electron chi connectivity index (χ2n) is 12.9. The summed E-state index contributed by atoms with van der Waals surface area (Å²) in [6.07, 6.45) is 0. The normalized spacial score (nSPS) is 11.5. The third-order valence-electron chi connectivity index (χ3n) is 9.86. The van der Waals surface area contributed by atoms with Crippen LogP contribution in [0.3, 0.4) is 0 Å². The van der Waals surface area contributed by atoms with E-state index in [-0.39, 0.29) is 0 Å². The zero-order valence-electron chi connectivity index (χ0n) is 27.6. The summed E-state index contributed by atoms with van der Waals surface area (Å²) < 4.78 is 2.35. The summed E-state index contributed by atoms with van der Waals surface area (Å²) in [5, 5.41) is 7.48. The zero-order valence-corrected chi connectivity index (χ0v) is 27.6. The number of fused-ring (bicyclic) bond motifs is 6. The van der Waals surface area contributed by atoms with Crippen molar-refractivity contribution in [2.45, 2.75) is 0 Å². The number of hydrogen-bond acceptors (Lipinski definition) is 3. The van der Waals surface area contributed by atoms with Gasteiger partial charge in [0.2, 0.25) is 0 Å². The van der Waals surface area contributed by atoms with Gasteiger partial charge in [-0.15, -0.1) is 0 Å². The minimum atomic E-state index is 0.636.